The zero-order valence-electron chi connectivity index (χ0n) is 14.2. The molecule has 0 aliphatic carbocycles. The summed E-state index contributed by atoms with van der Waals surface area (Å²) in [6, 6.07) is 11.3. The summed E-state index contributed by atoms with van der Waals surface area (Å²) < 4.78 is 15.9. The maximum Gasteiger partial charge on any atom is 0.358 e. The van der Waals surface area contributed by atoms with Crippen molar-refractivity contribution in [2.45, 2.75) is 6.61 Å². The summed E-state index contributed by atoms with van der Waals surface area (Å²) in [5, 5.41) is 4.37. The summed E-state index contributed by atoms with van der Waals surface area (Å²) in [4.78, 5) is 21.9. The van der Waals surface area contributed by atoms with E-state index in [-0.39, 0.29) is 12.3 Å². The highest BCUT2D eigenvalue weighted by atomic mass is 32.1. The fraction of sp³-hybridized carbons (Fsp3) is 0.105. The molecule has 0 unspecified atom stereocenters. The molecule has 8 heteroatoms. The average Bonchev–Trinajstić information content (AvgIpc) is 3.47. The topological polar surface area (TPSA) is 74.5 Å². The number of thiophene rings is 1. The zero-order chi connectivity index (χ0) is 18.6. The van der Waals surface area contributed by atoms with Crippen molar-refractivity contribution in [2.24, 2.45) is 0 Å². The molecule has 0 spiro atoms. The molecule has 4 rings (SSSR count). The van der Waals surface area contributed by atoms with Crippen LogP contribution in [0.3, 0.4) is 0 Å². The highest BCUT2D eigenvalue weighted by molar-refractivity contribution is 7.13. The Morgan fingerprint density at radius 1 is 1.15 bits per heavy atom. The molecule has 0 radical (unpaired) electrons. The zero-order valence-corrected chi connectivity index (χ0v) is 15.9. The second-order valence-electron chi connectivity index (χ2n) is 5.46. The molecule has 0 bridgehead atoms. The summed E-state index contributed by atoms with van der Waals surface area (Å²) in [6.45, 7) is 0.0309. The number of ether oxygens (including phenoxy) is 2. The van der Waals surface area contributed by atoms with Crippen LogP contribution in [0, 0.1) is 0 Å². The molecule has 0 N–H and O–H groups in total. The van der Waals surface area contributed by atoms with Gasteiger partial charge in [-0.2, -0.15) is 0 Å². The lowest BCUT2D eigenvalue weighted by molar-refractivity contribution is 0.0462. The number of thiazole rings is 1. The standard InChI is InChI=1S/C19H14N2O4S2/c1-23-14-6-4-12(5-7-14)18-21-15(11-27-18)19(22)25-10-13-9-24-17(20-13)16-3-2-8-26-16/h2-9,11H,10H2,1H3. The van der Waals surface area contributed by atoms with Crippen LogP contribution in [0.4, 0.5) is 0 Å². The van der Waals surface area contributed by atoms with Crippen molar-refractivity contribution < 1.29 is 18.7 Å². The Morgan fingerprint density at radius 2 is 2.00 bits per heavy atom. The van der Waals surface area contributed by atoms with Crippen LogP contribution in [0.25, 0.3) is 21.3 Å². The quantitative estimate of drug-likeness (QED) is 0.431. The highest BCUT2D eigenvalue weighted by Crippen LogP contribution is 2.26. The van der Waals surface area contributed by atoms with E-state index in [1.54, 1.807) is 12.5 Å². The number of rotatable bonds is 6. The molecule has 27 heavy (non-hydrogen) atoms. The Morgan fingerprint density at radius 3 is 2.74 bits per heavy atom. The Hall–Kier alpha value is -2.97. The molecule has 0 fully saturated rings. The summed E-state index contributed by atoms with van der Waals surface area (Å²) in [7, 11) is 1.62. The van der Waals surface area contributed by atoms with Crippen LogP contribution < -0.4 is 4.74 Å². The fourth-order valence-corrected chi connectivity index (χ4v) is 3.78. The molecule has 0 amide bonds. The molecule has 0 aliphatic rings. The third kappa shape index (κ3) is 3.91. The van der Waals surface area contributed by atoms with Gasteiger partial charge in [-0.15, -0.1) is 22.7 Å². The number of benzene rings is 1. The maximum atomic E-state index is 12.2. The first-order valence-electron chi connectivity index (χ1n) is 7.98. The minimum Gasteiger partial charge on any atom is -0.497 e. The molecule has 1 aromatic carbocycles. The molecule has 136 valence electrons. The van der Waals surface area contributed by atoms with Crippen LogP contribution in [0.15, 0.2) is 57.8 Å². The van der Waals surface area contributed by atoms with Crippen LogP contribution in [0.2, 0.25) is 0 Å². The molecular weight excluding hydrogens is 384 g/mol. The van der Waals surface area contributed by atoms with Gasteiger partial charge in [0, 0.05) is 10.9 Å². The van der Waals surface area contributed by atoms with E-state index < -0.39 is 5.97 Å². The van der Waals surface area contributed by atoms with Crippen molar-refractivity contribution in [2.75, 3.05) is 7.11 Å². The van der Waals surface area contributed by atoms with Gasteiger partial charge >= 0.3 is 5.97 Å². The minimum absolute atomic E-state index is 0.0309. The number of methoxy groups -OCH3 is 1. The fourth-order valence-electron chi connectivity index (χ4n) is 2.33. The summed E-state index contributed by atoms with van der Waals surface area (Å²) >= 11 is 2.92. The largest absolute Gasteiger partial charge is 0.497 e. The van der Waals surface area contributed by atoms with Crippen molar-refractivity contribution in [3.05, 3.63) is 64.8 Å². The van der Waals surface area contributed by atoms with E-state index in [1.165, 1.54) is 28.9 Å². The van der Waals surface area contributed by atoms with Crippen LogP contribution in [0.1, 0.15) is 16.2 Å². The number of oxazole rings is 1. The van der Waals surface area contributed by atoms with E-state index in [2.05, 4.69) is 9.97 Å². The number of esters is 1. The Balaban J connectivity index is 1.39. The molecule has 0 atom stereocenters. The molecule has 3 aromatic heterocycles. The third-order valence-electron chi connectivity index (χ3n) is 3.69. The van der Waals surface area contributed by atoms with Gasteiger partial charge in [0.05, 0.1) is 12.0 Å². The van der Waals surface area contributed by atoms with Gasteiger partial charge in [0.15, 0.2) is 5.69 Å². The number of carbonyl (C=O) groups excluding carboxylic acids is 1. The number of hydrogen-bond donors (Lipinski definition) is 0. The molecule has 0 saturated heterocycles. The first kappa shape index (κ1) is 17.4. The third-order valence-corrected chi connectivity index (χ3v) is 5.43. The molecular formula is C19H14N2O4S2. The lowest BCUT2D eigenvalue weighted by atomic mass is 10.2. The minimum atomic E-state index is -0.494. The first-order chi connectivity index (χ1) is 13.2. The molecule has 0 saturated carbocycles. The Bertz CT molecular complexity index is 1040. The van der Waals surface area contributed by atoms with Crippen LogP contribution >= 0.6 is 22.7 Å². The van der Waals surface area contributed by atoms with Crippen molar-refractivity contribution >= 4 is 28.6 Å². The molecule has 6 nitrogen and oxygen atoms in total. The normalized spacial score (nSPS) is 10.7. The van der Waals surface area contributed by atoms with Gasteiger partial charge in [-0.1, -0.05) is 6.07 Å². The second-order valence-corrected chi connectivity index (χ2v) is 7.27. The van der Waals surface area contributed by atoms with Gasteiger partial charge in [0.25, 0.3) is 0 Å². The van der Waals surface area contributed by atoms with Crippen molar-refractivity contribution in [1.29, 1.82) is 0 Å². The number of hydrogen-bond acceptors (Lipinski definition) is 8. The number of aromatic nitrogens is 2. The second kappa shape index (κ2) is 7.73. The van der Waals surface area contributed by atoms with E-state index >= 15 is 0 Å². The lowest BCUT2D eigenvalue weighted by Crippen LogP contribution is -2.05. The van der Waals surface area contributed by atoms with Gasteiger partial charge in [-0.3, -0.25) is 0 Å². The van der Waals surface area contributed by atoms with Gasteiger partial charge in [-0.05, 0) is 35.7 Å². The number of nitrogens with zero attached hydrogens (tertiary/aromatic N) is 2. The predicted octanol–water partition coefficient (Wildman–Crippen LogP) is 4.89. The first-order valence-corrected chi connectivity index (χ1v) is 9.74. The van der Waals surface area contributed by atoms with Gasteiger partial charge < -0.3 is 13.9 Å². The van der Waals surface area contributed by atoms with E-state index in [0.29, 0.717) is 11.6 Å². The smallest absolute Gasteiger partial charge is 0.358 e. The summed E-state index contributed by atoms with van der Waals surface area (Å²) in [5.41, 5.74) is 1.74. The van der Waals surface area contributed by atoms with Gasteiger partial charge in [0.2, 0.25) is 5.89 Å². The van der Waals surface area contributed by atoms with Gasteiger partial charge in [0.1, 0.15) is 29.3 Å². The molecule has 4 aromatic rings. The van der Waals surface area contributed by atoms with E-state index in [1.807, 2.05) is 41.8 Å². The SMILES string of the molecule is COc1ccc(-c2nc(C(=O)OCc3coc(-c4cccs4)n3)cs2)cc1. The molecule has 3 heterocycles. The van der Waals surface area contributed by atoms with Crippen molar-refractivity contribution in [3.8, 4) is 27.1 Å². The van der Waals surface area contributed by atoms with E-state index in [0.717, 1.165) is 21.2 Å². The lowest BCUT2D eigenvalue weighted by Gasteiger charge is -2.00. The van der Waals surface area contributed by atoms with Crippen LogP contribution in [-0.2, 0) is 11.3 Å². The monoisotopic (exact) mass is 398 g/mol. The Labute approximate surface area is 163 Å². The summed E-state index contributed by atoms with van der Waals surface area (Å²) in [6.07, 6.45) is 1.49. The predicted molar refractivity (Wildman–Crippen MR) is 103 cm³/mol. The maximum absolute atomic E-state index is 12.2. The van der Waals surface area contributed by atoms with Gasteiger partial charge in [-0.25, -0.2) is 14.8 Å². The summed E-state index contributed by atoms with van der Waals surface area (Å²) in [5.74, 6) is 0.794. The number of carbonyl (C=O) groups is 1. The molecule has 0 aliphatic heterocycles. The van der Waals surface area contributed by atoms with E-state index in [4.69, 9.17) is 13.9 Å². The Kier molecular flexibility index (Phi) is 4.99. The highest BCUT2D eigenvalue weighted by Gasteiger charge is 2.15. The van der Waals surface area contributed by atoms with Crippen molar-refractivity contribution in [3.63, 3.8) is 0 Å². The van der Waals surface area contributed by atoms with E-state index in [9.17, 15) is 4.79 Å². The van der Waals surface area contributed by atoms with Crippen LogP contribution in [-0.4, -0.2) is 23.0 Å². The average molecular weight is 398 g/mol. The van der Waals surface area contributed by atoms with Crippen molar-refractivity contribution in [1.82, 2.24) is 9.97 Å². The van der Waals surface area contributed by atoms with Crippen LogP contribution in [0.5, 0.6) is 5.75 Å².